The fourth-order valence-corrected chi connectivity index (χ4v) is 5.11. The van der Waals surface area contributed by atoms with Gasteiger partial charge in [0.25, 0.3) is 0 Å². The van der Waals surface area contributed by atoms with Gasteiger partial charge >= 0.3 is 0 Å². The number of quaternary nitrogens is 1. The molecule has 0 aliphatic carbocycles. The Kier molecular flexibility index (Phi) is 6.60. The molecule has 3 aliphatic heterocycles. The molecule has 1 N–H and O–H groups in total. The highest BCUT2D eigenvalue weighted by Crippen LogP contribution is 2.28. The highest BCUT2D eigenvalue weighted by molar-refractivity contribution is 6.00. The molecule has 0 bridgehead atoms. The van der Waals surface area contributed by atoms with Gasteiger partial charge in [-0.25, -0.2) is 0 Å². The van der Waals surface area contributed by atoms with Gasteiger partial charge in [0.15, 0.2) is 0 Å². The van der Waals surface area contributed by atoms with Crippen LogP contribution in [-0.4, -0.2) is 79.9 Å². The smallest absolute Gasteiger partial charge is 0.228 e. The molecule has 4 rings (SSSR count). The lowest BCUT2D eigenvalue weighted by atomic mass is 9.93. The second kappa shape index (κ2) is 9.39. The molecular formula is C24H35N4O3+. The average molecular weight is 428 g/mol. The summed E-state index contributed by atoms with van der Waals surface area (Å²) in [5.41, 5.74) is 2.01. The van der Waals surface area contributed by atoms with Crippen molar-refractivity contribution in [2.45, 2.75) is 33.1 Å². The van der Waals surface area contributed by atoms with E-state index in [4.69, 9.17) is 0 Å². The van der Waals surface area contributed by atoms with Crippen molar-refractivity contribution in [3.8, 4) is 0 Å². The topological polar surface area (TPSA) is 65.4 Å². The molecule has 3 amide bonds. The van der Waals surface area contributed by atoms with E-state index in [0.29, 0.717) is 19.6 Å². The van der Waals surface area contributed by atoms with Crippen molar-refractivity contribution in [3.63, 3.8) is 0 Å². The largest absolute Gasteiger partial charge is 0.342 e. The number of hydrogen-bond acceptors (Lipinski definition) is 3. The lowest BCUT2D eigenvalue weighted by molar-refractivity contribution is -0.902. The second-order valence-electron chi connectivity index (χ2n) is 9.27. The van der Waals surface area contributed by atoms with Crippen LogP contribution in [0.15, 0.2) is 24.3 Å². The number of nitrogens with one attached hydrogen (secondary N) is 1. The zero-order chi connectivity index (χ0) is 22.0. The van der Waals surface area contributed by atoms with Crippen molar-refractivity contribution < 1.29 is 19.3 Å². The molecule has 0 saturated carbocycles. The number of rotatable bonds is 4. The Bertz CT molecular complexity index is 809. The lowest BCUT2D eigenvalue weighted by Crippen LogP contribution is -3.14. The van der Waals surface area contributed by atoms with Gasteiger partial charge in [-0.15, -0.1) is 0 Å². The third kappa shape index (κ3) is 4.76. The number of anilines is 1. The number of hydrogen-bond donors (Lipinski definition) is 1. The van der Waals surface area contributed by atoms with Gasteiger partial charge < -0.3 is 19.6 Å². The van der Waals surface area contributed by atoms with E-state index in [1.54, 1.807) is 9.80 Å². The first-order valence-corrected chi connectivity index (χ1v) is 11.7. The summed E-state index contributed by atoms with van der Waals surface area (Å²) in [6, 6.07) is 7.87. The van der Waals surface area contributed by atoms with Crippen LogP contribution in [-0.2, 0) is 14.4 Å². The second-order valence-corrected chi connectivity index (χ2v) is 9.27. The fraction of sp³-hybridized carbons (Fsp3) is 0.625. The van der Waals surface area contributed by atoms with Crippen molar-refractivity contribution in [2.75, 3.05) is 57.3 Å². The number of likely N-dealkylation sites (N-methyl/N-ethyl adjacent to an activating group) is 1. The fourth-order valence-electron chi connectivity index (χ4n) is 5.11. The summed E-state index contributed by atoms with van der Waals surface area (Å²) in [5.74, 6) is 0.0890. The van der Waals surface area contributed by atoms with Gasteiger partial charge in [0.1, 0.15) is 0 Å². The number of benzene rings is 1. The van der Waals surface area contributed by atoms with Crippen molar-refractivity contribution in [1.82, 2.24) is 9.80 Å². The zero-order valence-electron chi connectivity index (χ0n) is 18.8. The van der Waals surface area contributed by atoms with Crippen LogP contribution in [0.25, 0.3) is 0 Å². The molecular weight excluding hydrogens is 392 g/mol. The van der Waals surface area contributed by atoms with Gasteiger partial charge in [-0.2, -0.15) is 0 Å². The van der Waals surface area contributed by atoms with E-state index >= 15 is 0 Å². The van der Waals surface area contributed by atoms with E-state index in [-0.39, 0.29) is 36.0 Å². The van der Waals surface area contributed by atoms with Crippen molar-refractivity contribution in [2.24, 2.45) is 11.8 Å². The van der Waals surface area contributed by atoms with Crippen molar-refractivity contribution >= 4 is 23.4 Å². The van der Waals surface area contributed by atoms with Crippen LogP contribution in [0, 0.1) is 18.8 Å². The maximum Gasteiger partial charge on any atom is 0.228 e. The Morgan fingerprint density at radius 2 is 1.52 bits per heavy atom. The van der Waals surface area contributed by atoms with Gasteiger partial charge in [0.05, 0.1) is 38.6 Å². The van der Waals surface area contributed by atoms with E-state index in [2.05, 4.69) is 6.92 Å². The molecule has 0 unspecified atom stereocenters. The molecule has 3 heterocycles. The van der Waals surface area contributed by atoms with E-state index < -0.39 is 0 Å². The van der Waals surface area contributed by atoms with Crippen LogP contribution in [0.2, 0.25) is 0 Å². The Morgan fingerprint density at radius 3 is 2.13 bits per heavy atom. The molecule has 0 aromatic heterocycles. The van der Waals surface area contributed by atoms with Gasteiger partial charge in [-0.3, -0.25) is 14.4 Å². The van der Waals surface area contributed by atoms with Crippen LogP contribution in [0.4, 0.5) is 5.69 Å². The maximum atomic E-state index is 13.1. The maximum absolute atomic E-state index is 13.1. The number of amides is 3. The first kappa shape index (κ1) is 21.8. The highest BCUT2D eigenvalue weighted by Gasteiger charge is 2.39. The van der Waals surface area contributed by atoms with Crippen LogP contribution in [0.3, 0.4) is 0 Å². The van der Waals surface area contributed by atoms with Crippen LogP contribution < -0.4 is 9.80 Å². The van der Waals surface area contributed by atoms with Crippen LogP contribution in [0.5, 0.6) is 0 Å². The predicted molar refractivity (Wildman–Crippen MR) is 119 cm³/mol. The Balaban J connectivity index is 1.28. The summed E-state index contributed by atoms with van der Waals surface area (Å²) < 4.78 is 0. The number of carbonyl (C=O) groups is 3. The predicted octanol–water partition coefficient (Wildman–Crippen LogP) is 0.334. The standard InChI is InChI=1S/C24H34N4O3/c1-3-25-12-14-27(15-13-25)23(30)19-8-10-26(11-9-19)24(31)20-16-22(29)28(17-20)21-6-4-18(2)5-7-21/h4-7,19-20H,3,8-17H2,1-2H3/p+1/t20-/m0/s1. The van der Waals surface area contributed by atoms with Gasteiger partial charge in [-0.05, 0) is 38.8 Å². The van der Waals surface area contributed by atoms with Gasteiger partial charge in [-0.1, -0.05) is 17.7 Å². The summed E-state index contributed by atoms with van der Waals surface area (Å²) in [7, 11) is 0. The summed E-state index contributed by atoms with van der Waals surface area (Å²) in [6.45, 7) is 10.8. The zero-order valence-corrected chi connectivity index (χ0v) is 18.8. The molecule has 3 saturated heterocycles. The molecule has 31 heavy (non-hydrogen) atoms. The summed E-state index contributed by atoms with van der Waals surface area (Å²) in [5, 5.41) is 0. The first-order chi connectivity index (χ1) is 15.0. The van der Waals surface area contributed by atoms with E-state index in [1.165, 1.54) is 0 Å². The molecule has 0 spiro atoms. The average Bonchev–Trinajstić information content (AvgIpc) is 3.20. The minimum Gasteiger partial charge on any atom is -0.342 e. The number of piperidine rings is 1. The summed E-state index contributed by atoms with van der Waals surface area (Å²) >= 11 is 0. The minimum absolute atomic E-state index is 0.0145. The molecule has 1 aromatic carbocycles. The molecule has 1 aromatic rings. The third-order valence-corrected chi connectivity index (χ3v) is 7.26. The Hall–Kier alpha value is -2.41. The monoisotopic (exact) mass is 427 g/mol. The molecule has 3 aliphatic rings. The van der Waals surface area contributed by atoms with E-state index in [0.717, 1.165) is 56.8 Å². The van der Waals surface area contributed by atoms with E-state index in [1.807, 2.05) is 41.0 Å². The van der Waals surface area contributed by atoms with Crippen LogP contribution >= 0.6 is 0 Å². The number of aryl methyl sites for hydroxylation is 1. The molecule has 7 heteroatoms. The lowest BCUT2D eigenvalue weighted by Gasteiger charge is -2.37. The quantitative estimate of drug-likeness (QED) is 0.753. The summed E-state index contributed by atoms with van der Waals surface area (Å²) in [6.07, 6.45) is 1.73. The van der Waals surface area contributed by atoms with Crippen molar-refractivity contribution in [3.05, 3.63) is 29.8 Å². The first-order valence-electron chi connectivity index (χ1n) is 11.7. The van der Waals surface area contributed by atoms with Gasteiger partial charge in [0.2, 0.25) is 17.7 Å². The number of nitrogens with zero attached hydrogens (tertiary/aromatic N) is 3. The Morgan fingerprint density at radius 1 is 0.935 bits per heavy atom. The molecule has 1 atom stereocenters. The Labute approximate surface area is 185 Å². The van der Waals surface area contributed by atoms with Crippen molar-refractivity contribution in [1.29, 1.82) is 0 Å². The highest BCUT2D eigenvalue weighted by atomic mass is 16.2. The minimum atomic E-state index is -0.286. The van der Waals surface area contributed by atoms with Gasteiger partial charge in [0, 0.05) is 37.7 Å². The number of piperazine rings is 1. The van der Waals surface area contributed by atoms with E-state index in [9.17, 15) is 14.4 Å². The third-order valence-electron chi connectivity index (χ3n) is 7.26. The number of likely N-dealkylation sites (tertiary alicyclic amines) is 1. The SMILES string of the molecule is CC[NH+]1CCN(C(=O)C2CCN(C(=O)[C@H]3CC(=O)N(c4ccc(C)cc4)C3)CC2)CC1. The molecule has 7 nitrogen and oxygen atoms in total. The number of carbonyl (C=O) groups excluding carboxylic acids is 3. The van der Waals surface area contributed by atoms with Crippen LogP contribution in [0.1, 0.15) is 31.7 Å². The molecule has 168 valence electrons. The normalized spacial score (nSPS) is 23.5. The molecule has 3 fully saturated rings. The summed E-state index contributed by atoms with van der Waals surface area (Å²) in [4.78, 5) is 45.7. The molecule has 0 radical (unpaired) electrons.